The van der Waals surface area contributed by atoms with Crippen LogP contribution in [-0.4, -0.2) is 30.6 Å². The van der Waals surface area contributed by atoms with Crippen molar-refractivity contribution in [3.63, 3.8) is 0 Å². The Bertz CT molecular complexity index is 874. The van der Waals surface area contributed by atoms with Crippen molar-refractivity contribution in [1.82, 2.24) is 4.72 Å². The molecule has 3 N–H and O–H groups in total. The van der Waals surface area contributed by atoms with Crippen LogP contribution in [0.4, 0.5) is 0 Å². The van der Waals surface area contributed by atoms with E-state index in [9.17, 15) is 18.0 Å². The Hall–Kier alpha value is -1.75. The van der Waals surface area contributed by atoms with Gasteiger partial charge < -0.3 is 10.2 Å². The Morgan fingerprint density at radius 2 is 1.78 bits per heavy atom. The summed E-state index contributed by atoms with van der Waals surface area (Å²) in [7, 11) is -3.96. The lowest BCUT2D eigenvalue weighted by molar-refractivity contribution is 0.0651. The Labute approximate surface area is 143 Å². The minimum Gasteiger partial charge on any atom is -0.478 e. The molecule has 7 nitrogen and oxygen atoms in total. The average Bonchev–Trinajstić information content (AvgIpc) is 2.90. The number of aromatic carboxylic acids is 2. The van der Waals surface area contributed by atoms with Crippen molar-refractivity contribution < 1.29 is 28.2 Å². The van der Waals surface area contributed by atoms with Gasteiger partial charge in [0.25, 0.3) is 0 Å². The molecule has 1 aromatic heterocycles. The lowest BCUT2D eigenvalue weighted by atomic mass is 10.1. The van der Waals surface area contributed by atoms with Crippen molar-refractivity contribution in [3.05, 3.63) is 50.1 Å². The van der Waals surface area contributed by atoms with Crippen molar-refractivity contribution >= 4 is 49.2 Å². The van der Waals surface area contributed by atoms with E-state index < -0.39 is 33.1 Å². The number of carbonyl (C=O) groups is 2. The Balaban J connectivity index is 2.30. The van der Waals surface area contributed by atoms with Gasteiger partial charge in [0.1, 0.15) is 0 Å². The third-order valence-electron chi connectivity index (χ3n) is 2.82. The molecule has 0 spiro atoms. The van der Waals surface area contributed by atoms with Crippen LogP contribution in [0.15, 0.2) is 39.0 Å². The maximum absolute atomic E-state index is 12.2. The molecule has 0 unspecified atom stereocenters. The quantitative estimate of drug-likeness (QED) is 0.660. The van der Waals surface area contributed by atoms with E-state index in [1.54, 1.807) is 11.4 Å². The average molecular weight is 420 g/mol. The molecule has 0 radical (unpaired) electrons. The molecule has 1 heterocycles. The summed E-state index contributed by atoms with van der Waals surface area (Å²) in [5, 5.41) is 19.8. The molecule has 0 fully saturated rings. The number of benzene rings is 1. The van der Waals surface area contributed by atoms with Crippen LogP contribution in [0.5, 0.6) is 0 Å². The van der Waals surface area contributed by atoms with Crippen LogP contribution in [0.1, 0.15) is 25.6 Å². The van der Waals surface area contributed by atoms with Crippen LogP contribution in [0.3, 0.4) is 0 Å². The fourth-order valence-electron chi connectivity index (χ4n) is 1.75. The second kappa shape index (κ2) is 6.79. The van der Waals surface area contributed by atoms with Gasteiger partial charge in [0.05, 0.1) is 16.0 Å². The van der Waals surface area contributed by atoms with Crippen molar-refractivity contribution in [2.75, 3.05) is 0 Å². The molecule has 2 aromatic rings. The first-order valence-electron chi connectivity index (χ1n) is 6.04. The zero-order valence-electron chi connectivity index (χ0n) is 11.3. The predicted molar refractivity (Wildman–Crippen MR) is 86.4 cm³/mol. The van der Waals surface area contributed by atoms with Gasteiger partial charge in [-0.3, -0.25) is 0 Å². The van der Waals surface area contributed by atoms with Crippen molar-refractivity contribution in [3.8, 4) is 0 Å². The molecule has 122 valence electrons. The monoisotopic (exact) mass is 419 g/mol. The van der Waals surface area contributed by atoms with Crippen molar-refractivity contribution in [1.29, 1.82) is 0 Å². The minimum atomic E-state index is -3.96. The van der Waals surface area contributed by atoms with E-state index in [0.29, 0.717) is 0 Å². The maximum Gasteiger partial charge on any atom is 0.336 e. The van der Waals surface area contributed by atoms with Crippen LogP contribution in [-0.2, 0) is 16.6 Å². The highest BCUT2D eigenvalue weighted by Crippen LogP contribution is 2.21. The van der Waals surface area contributed by atoms with E-state index in [-0.39, 0.29) is 11.4 Å². The lowest BCUT2D eigenvalue weighted by Crippen LogP contribution is -2.23. The number of halogens is 1. The Kier molecular flexibility index (Phi) is 5.19. The second-order valence-electron chi connectivity index (χ2n) is 4.37. The van der Waals surface area contributed by atoms with Crippen LogP contribution in [0, 0.1) is 0 Å². The van der Waals surface area contributed by atoms with Gasteiger partial charge in [0.15, 0.2) is 0 Å². The zero-order valence-corrected chi connectivity index (χ0v) is 14.5. The third kappa shape index (κ3) is 4.16. The van der Waals surface area contributed by atoms with Gasteiger partial charge in [-0.05, 0) is 40.2 Å². The van der Waals surface area contributed by atoms with Crippen LogP contribution >= 0.6 is 27.3 Å². The van der Waals surface area contributed by atoms with Gasteiger partial charge in [0.2, 0.25) is 10.0 Å². The first-order valence-corrected chi connectivity index (χ1v) is 9.19. The SMILES string of the molecule is O=C(O)c1ccc(S(=O)(=O)NCc2cc(Br)cs2)cc1C(=O)O. The highest BCUT2D eigenvalue weighted by molar-refractivity contribution is 9.10. The Morgan fingerprint density at radius 3 is 2.30 bits per heavy atom. The van der Waals surface area contributed by atoms with Crippen LogP contribution in [0.25, 0.3) is 0 Å². The molecule has 0 saturated carbocycles. The summed E-state index contributed by atoms with van der Waals surface area (Å²) in [4.78, 5) is 22.5. The van der Waals surface area contributed by atoms with E-state index in [2.05, 4.69) is 20.7 Å². The fraction of sp³-hybridized carbons (Fsp3) is 0.0769. The van der Waals surface area contributed by atoms with E-state index in [4.69, 9.17) is 10.2 Å². The van der Waals surface area contributed by atoms with Gasteiger partial charge in [-0.2, -0.15) is 0 Å². The molecule has 0 aliphatic rings. The first kappa shape index (κ1) is 17.6. The number of hydrogen-bond donors (Lipinski definition) is 3. The molecule has 0 bridgehead atoms. The van der Waals surface area contributed by atoms with Crippen molar-refractivity contribution in [2.45, 2.75) is 11.4 Å². The zero-order chi connectivity index (χ0) is 17.2. The minimum absolute atomic E-state index is 0.0433. The number of sulfonamides is 1. The number of hydrogen-bond acceptors (Lipinski definition) is 5. The Morgan fingerprint density at radius 1 is 1.13 bits per heavy atom. The molecule has 0 saturated heterocycles. The number of thiophene rings is 1. The standard InChI is InChI=1S/C13H10BrNO6S2/c14-7-3-8(22-6-7)5-15-23(20,21)9-1-2-10(12(16)17)11(4-9)13(18)19/h1-4,6,15H,5H2,(H,16,17)(H,18,19). The molecular formula is C13H10BrNO6S2. The maximum atomic E-state index is 12.2. The molecular weight excluding hydrogens is 410 g/mol. The number of carboxylic acids is 2. The fourth-order valence-corrected chi connectivity index (χ4v) is 4.26. The molecule has 0 aliphatic heterocycles. The van der Waals surface area contributed by atoms with Gasteiger partial charge in [-0.1, -0.05) is 0 Å². The van der Waals surface area contributed by atoms with E-state index in [0.717, 1.165) is 27.5 Å². The lowest BCUT2D eigenvalue weighted by Gasteiger charge is -2.08. The summed E-state index contributed by atoms with van der Waals surface area (Å²) in [6, 6.07) is 4.60. The summed E-state index contributed by atoms with van der Waals surface area (Å²) in [6.07, 6.45) is 0. The molecule has 1 aromatic carbocycles. The topological polar surface area (TPSA) is 121 Å². The smallest absolute Gasteiger partial charge is 0.336 e. The molecule has 0 atom stereocenters. The van der Waals surface area contributed by atoms with Crippen LogP contribution < -0.4 is 4.72 Å². The molecule has 0 aliphatic carbocycles. The number of nitrogens with one attached hydrogen (secondary N) is 1. The summed E-state index contributed by atoms with van der Waals surface area (Å²) in [5.41, 5.74) is -1.06. The molecule has 2 rings (SSSR count). The van der Waals surface area contributed by atoms with Gasteiger partial charge in [0, 0.05) is 21.3 Å². The largest absolute Gasteiger partial charge is 0.478 e. The second-order valence-corrected chi connectivity index (χ2v) is 8.05. The van der Waals surface area contributed by atoms with Gasteiger partial charge in [-0.15, -0.1) is 11.3 Å². The summed E-state index contributed by atoms with van der Waals surface area (Å²) < 4.78 is 27.6. The normalized spacial score (nSPS) is 11.3. The molecule has 23 heavy (non-hydrogen) atoms. The molecule has 0 amide bonds. The van der Waals surface area contributed by atoms with E-state index >= 15 is 0 Å². The van der Waals surface area contributed by atoms with Crippen LogP contribution in [0.2, 0.25) is 0 Å². The highest BCUT2D eigenvalue weighted by Gasteiger charge is 2.21. The van der Waals surface area contributed by atoms with E-state index in [1.165, 1.54) is 11.3 Å². The predicted octanol–water partition coefficient (Wildman–Crippen LogP) is 2.39. The first-order chi connectivity index (χ1) is 10.7. The third-order valence-corrected chi connectivity index (χ3v) is 5.92. The number of carboxylic acid groups (broad SMARTS) is 2. The summed E-state index contributed by atoms with van der Waals surface area (Å²) in [5.74, 6) is -2.95. The summed E-state index contributed by atoms with van der Waals surface area (Å²) >= 11 is 4.61. The number of rotatable bonds is 6. The van der Waals surface area contributed by atoms with Crippen molar-refractivity contribution in [2.24, 2.45) is 0 Å². The van der Waals surface area contributed by atoms with E-state index in [1.807, 2.05) is 0 Å². The molecule has 10 heteroatoms. The van der Waals surface area contributed by atoms with Gasteiger partial charge in [-0.25, -0.2) is 22.7 Å². The highest BCUT2D eigenvalue weighted by atomic mass is 79.9. The van der Waals surface area contributed by atoms with Gasteiger partial charge >= 0.3 is 11.9 Å². The summed E-state index contributed by atoms with van der Waals surface area (Å²) in [6.45, 7) is 0.0433.